The molecule has 154 valence electrons. The largest absolute Gasteiger partial charge is 0.356 e. The van der Waals surface area contributed by atoms with Crippen LogP contribution >= 0.6 is 0 Å². The van der Waals surface area contributed by atoms with Crippen molar-refractivity contribution in [2.75, 3.05) is 44.7 Å². The molecule has 0 aliphatic carbocycles. The monoisotopic (exact) mass is 398 g/mol. The summed E-state index contributed by atoms with van der Waals surface area (Å²) in [4.78, 5) is 25.0. The number of amides is 1. The third-order valence-corrected chi connectivity index (χ3v) is 4.86. The molecule has 0 unspecified atom stereocenters. The van der Waals surface area contributed by atoms with E-state index in [4.69, 9.17) is 0 Å². The maximum absolute atomic E-state index is 13.7. The zero-order chi connectivity index (χ0) is 20.5. The number of anilines is 1. The Morgan fingerprint density at radius 2 is 1.86 bits per heavy atom. The molecule has 1 aromatic carbocycles. The molecule has 1 fully saturated rings. The summed E-state index contributed by atoms with van der Waals surface area (Å²) in [6.45, 7) is 3.74. The summed E-state index contributed by atoms with van der Waals surface area (Å²) < 4.78 is 13.7. The SMILES string of the molecule is CN=C(NCCC(=O)N1CCN(c2ccccn2)CC1)NCc1ccccc1F. The Kier molecular flexibility index (Phi) is 7.38. The molecule has 1 saturated heterocycles. The second-order valence-corrected chi connectivity index (χ2v) is 6.75. The maximum Gasteiger partial charge on any atom is 0.224 e. The van der Waals surface area contributed by atoms with Crippen LogP contribution in [0.25, 0.3) is 0 Å². The molecule has 2 N–H and O–H groups in total. The molecule has 0 bridgehead atoms. The highest BCUT2D eigenvalue weighted by Gasteiger charge is 2.21. The normalized spacial score (nSPS) is 14.6. The maximum atomic E-state index is 13.7. The summed E-state index contributed by atoms with van der Waals surface area (Å²) in [7, 11) is 1.65. The molecular formula is C21H27FN6O. The van der Waals surface area contributed by atoms with Gasteiger partial charge >= 0.3 is 0 Å². The van der Waals surface area contributed by atoms with Gasteiger partial charge in [-0.25, -0.2) is 9.37 Å². The minimum absolute atomic E-state index is 0.114. The molecule has 2 aromatic rings. The van der Waals surface area contributed by atoms with Crippen LogP contribution < -0.4 is 15.5 Å². The first kappa shape index (κ1) is 20.6. The number of halogens is 1. The molecule has 7 nitrogen and oxygen atoms in total. The van der Waals surface area contributed by atoms with Crippen LogP contribution in [0.3, 0.4) is 0 Å². The van der Waals surface area contributed by atoms with E-state index in [2.05, 4.69) is 25.5 Å². The van der Waals surface area contributed by atoms with Crippen LogP contribution in [-0.2, 0) is 11.3 Å². The Morgan fingerprint density at radius 1 is 1.10 bits per heavy atom. The summed E-state index contributed by atoms with van der Waals surface area (Å²) in [5.41, 5.74) is 0.567. The zero-order valence-corrected chi connectivity index (χ0v) is 16.6. The van der Waals surface area contributed by atoms with Gasteiger partial charge in [0.05, 0.1) is 0 Å². The van der Waals surface area contributed by atoms with Crippen LogP contribution in [-0.4, -0.2) is 61.5 Å². The predicted molar refractivity (Wildman–Crippen MR) is 112 cm³/mol. The van der Waals surface area contributed by atoms with E-state index >= 15 is 0 Å². The number of guanidine groups is 1. The number of aromatic nitrogens is 1. The van der Waals surface area contributed by atoms with Crippen molar-refractivity contribution in [1.29, 1.82) is 0 Å². The van der Waals surface area contributed by atoms with Crippen molar-refractivity contribution in [3.63, 3.8) is 0 Å². The summed E-state index contributed by atoms with van der Waals surface area (Å²) in [6.07, 6.45) is 2.16. The van der Waals surface area contributed by atoms with E-state index in [0.29, 0.717) is 44.1 Å². The van der Waals surface area contributed by atoms with E-state index in [9.17, 15) is 9.18 Å². The second-order valence-electron chi connectivity index (χ2n) is 6.75. The second kappa shape index (κ2) is 10.4. The predicted octanol–water partition coefficient (Wildman–Crippen LogP) is 1.62. The van der Waals surface area contributed by atoms with Gasteiger partial charge < -0.3 is 20.4 Å². The smallest absolute Gasteiger partial charge is 0.224 e. The van der Waals surface area contributed by atoms with Crippen molar-refractivity contribution in [3.8, 4) is 0 Å². The summed E-state index contributed by atoms with van der Waals surface area (Å²) in [5.74, 6) is 1.35. The molecule has 1 amide bonds. The molecule has 0 saturated carbocycles. The van der Waals surface area contributed by atoms with Gasteiger partial charge in [-0.15, -0.1) is 0 Å². The molecule has 29 heavy (non-hydrogen) atoms. The molecule has 1 aromatic heterocycles. The highest BCUT2D eigenvalue weighted by atomic mass is 19.1. The van der Waals surface area contributed by atoms with E-state index in [-0.39, 0.29) is 11.7 Å². The number of hydrogen-bond acceptors (Lipinski definition) is 4. The van der Waals surface area contributed by atoms with Crippen LogP contribution in [0.4, 0.5) is 10.2 Å². The molecule has 2 heterocycles. The van der Waals surface area contributed by atoms with Crippen LogP contribution in [0, 0.1) is 5.82 Å². The Hall–Kier alpha value is -3.16. The number of pyridine rings is 1. The van der Waals surface area contributed by atoms with Crippen molar-refractivity contribution in [3.05, 3.63) is 60.0 Å². The van der Waals surface area contributed by atoms with E-state index in [1.165, 1.54) is 6.07 Å². The number of hydrogen-bond donors (Lipinski definition) is 2. The molecule has 0 radical (unpaired) electrons. The molecule has 0 spiro atoms. The molecule has 1 aliphatic heterocycles. The highest BCUT2D eigenvalue weighted by Crippen LogP contribution is 2.13. The van der Waals surface area contributed by atoms with Crippen molar-refractivity contribution in [2.24, 2.45) is 4.99 Å². The van der Waals surface area contributed by atoms with Gasteiger partial charge in [0.25, 0.3) is 0 Å². The lowest BCUT2D eigenvalue weighted by Crippen LogP contribution is -2.49. The lowest BCUT2D eigenvalue weighted by molar-refractivity contribution is -0.131. The fraction of sp³-hybridized carbons (Fsp3) is 0.381. The van der Waals surface area contributed by atoms with Crippen molar-refractivity contribution >= 4 is 17.7 Å². The van der Waals surface area contributed by atoms with Crippen LogP contribution in [0.1, 0.15) is 12.0 Å². The number of rotatable bonds is 6. The summed E-state index contributed by atoms with van der Waals surface area (Å²) in [5, 5.41) is 6.18. The first-order chi connectivity index (χ1) is 14.2. The minimum Gasteiger partial charge on any atom is -0.356 e. The zero-order valence-electron chi connectivity index (χ0n) is 16.6. The quantitative estimate of drug-likeness (QED) is 0.572. The molecule has 1 aliphatic rings. The van der Waals surface area contributed by atoms with Gasteiger partial charge in [0.15, 0.2) is 5.96 Å². The molecule has 8 heteroatoms. The average Bonchev–Trinajstić information content (AvgIpc) is 2.77. The average molecular weight is 398 g/mol. The Balaban J connectivity index is 1.37. The number of carbonyl (C=O) groups is 1. The first-order valence-corrected chi connectivity index (χ1v) is 9.79. The molecular weight excluding hydrogens is 371 g/mol. The van der Waals surface area contributed by atoms with Gasteiger partial charge in [0, 0.05) is 64.5 Å². The van der Waals surface area contributed by atoms with Crippen molar-refractivity contribution in [2.45, 2.75) is 13.0 Å². The first-order valence-electron chi connectivity index (χ1n) is 9.79. The van der Waals surface area contributed by atoms with E-state index in [0.717, 1.165) is 18.9 Å². The summed E-state index contributed by atoms with van der Waals surface area (Å²) >= 11 is 0. The van der Waals surface area contributed by atoms with Gasteiger partial charge in [-0.2, -0.15) is 0 Å². The van der Waals surface area contributed by atoms with Gasteiger partial charge in [0.2, 0.25) is 5.91 Å². The lowest BCUT2D eigenvalue weighted by Gasteiger charge is -2.35. The third kappa shape index (κ3) is 5.91. The number of nitrogens with zero attached hydrogens (tertiary/aromatic N) is 4. The van der Waals surface area contributed by atoms with Gasteiger partial charge in [0.1, 0.15) is 11.6 Å². The fourth-order valence-corrected chi connectivity index (χ4v) is 3.21. The lowest BCUT2D eigenvalue weighted by atomic mass is 10.2. The molecule has 3 rings (SSSR count). The van der Waals surface area contributed by atoms with Gasteiger partial charge in [-0.3, -0.25) is 9.79 Å². The fourth-order valence-electron chi connectivity index (χ4n) is 3.21. The van der Waals surface area contributed by atoms with E-state index in [1.54, 1.807) is 31.4 Å². The highest BCUT2D eigenvalue weighted by molar-refractivity contribution is 5.81. The van der Waals surface area contributed by atoms with Crippen LogP contribution in [0.2, 0.25) is 0 Å². The van der Waals surface area contributed by atoms with Gasteiger partial charge in [-0.05, 0) is 18.2 Å². The summed E-state index contributed by atoms with van der Waals surface area (Å²) in [6, 6.07) is 12.5. The van der Waals surface area contributed by atoms with Crippen molar-refractivity contribution < 1.29 is 9.18 Å². The topological polar surface area (TPSA) is 72.9 Å². The third-order valence-electron chi connectivity index (χ3n) is 4.86. The van der Waals surface area contributed by atoms with Crippen LogP contribution in [0.15, 0.2) is 53.7 Å². The number of aliphatic imine (C=N–C) groups is 1. The standard InChI is InChI=1S/C21H27FN6O/c1-23-21(26-16-17-6-2-3-7-18(17)22)25-11-9-20(29)28-14-12-27(13-15-28)19-8-4-5-10-24-19/h2-8,10H,9,11-16H2,1H3,(H2,23,25,26). The Labute approximate surface area is 170 Å². The van der Waals surface area contributed by atoms with E-state index < -0.39 is 0 Å². The van der Waals surface area contributed by atoms with Gasteiger partial charge in [-0.1, -0.05) is 24.3 Å². The number of nitrogens with one attached hydrogen (secondary N) is 2. The van der Waals surface area contributed by atoms with E-state index in [1.807, 2.05) is 23.1 Å². The Morgan fingerprint density at radius 3 is 2.55 bits per heavy atom. The minimum atomic E-state index is -0.254. The van der Waals surface area contributed by atoms with Crippen molar-refractivity contribution in [1.82, 2.24) is 20.5 Å². The number of piperazine rings is 1. The molecule has 0 atom stereocenters. The number of benzene rings is 1. The number of carbonyl (C=O) groups excluding carboxylic acids is 1. The van der Waals surface area contributed by atoms with Crippen LogP contribution in [0.5, 0.6) is 0 Å². The Bertz CT molecular complexity index is 821.